The second-order valence-corrected chi connectivity index (χ2v) is 9.13. The summed E-state index contributed by atoms with van der Waals surface area (Å²) in [5, 5.41) is 18.3. The minimum atomic E-state index is -1.04. The highest BCUT2D eigenvalue weighted by molar-refractivity contribution is 5.92. The van der Waals surface area contributed by atoms with Crippen molar-refractivity contribution < 1.29 is 23.8 Å². The third-order valence-electron chi connectivity index (χ3n) is 6.49. The molecule has 0 aliphatic heterocycles. The Morgan fingerprint density at radius 3 is 2.68 bits per heavy atom. The van der Waals surface area contributed by atoms with Crippen LogP contribution in [0.15, 0.2) is 77.7 Å². The van der Waals surface area contributed by atoms with Crippen LogP contribution in [0.5, 0.6) is 5.88 Å². The normalized spacial score (nSPS) is 11.0. The number of aromatic nitrogens is 4. The summed E-state index contributed by atoms with van der Waals surface area (Å²) in [6, 6.07) is 19.2. The van der Waals surface area contributed by atoms with Gasteiger partial charge in [0.25, 0.3) is 5.56 Å². The van der Waals surface area contributed by atoms with Gasteiger partial charge in [-0.3, -0.25) is 9.36 Å². The number of halogens is 1. The molecule has 0 bridgehead atoms. The lowest BCUT2D eigenvalue weighted by atomic mass is 10.1. The summed E-state index contributed by atoms with van der Waals surface area (Å²) in [5.74, 6) is -0.661. The summed E-state index contributed by atoms with van der Waals surface area (Å²) in [6.45, 7) is 0.698. The van der Waals surface area contributed by atoms with E-state index in [4.69, 9.17) is 14.7 Å². The lowest BCUT2D eigenvalue weighted by Crippen LogP contribution is -2.21. The molecular formula is C30H24FN5O5. The van der Waals surface area contributed by atoms with Crippen molar-refractivity contribution in [2.24, 2.45) is 0 Å². The zero-order chi connectivity index (χ0) is 28.9. The van der Waals surface area contributed by atoms with Gasteiger partial charge >= 0.3 is 5.97 Å². The van der Waals surface area contributed by atoms with Crippen LogP contribution < -0.4 is 10.3 Å². The molecule has 0 saturated heterocycles. The molecule has 3 heterocycles. The van der Waals surface area contributed by atoms with E-state index in [1.165, 1.54) is 35.0 Å². The molecular weight excluding hydrogens is 529 g/mol. The average Bonchev–Trinajstić information content (AvgIpc) is 3.32. The lowest BCUT2D eigenvalue weighted by Gasteiger charge is -2.11. The summed E-state index contributed by atoms with van der Waals surface area (Å²) < 4.78 is 29.4. The molecule has 0 spiro atoms. The largest absolute Gasteiger partial charge is 0.478 e. The number of pyridine rings is 2. The van der Waals surface area contributed by atoms with Gasteiger partial charge in [0.1, 0.15) is 11.6 Å². The first-order valence-electron chi connectivity index (χ1n) is 12.6. The lowest BCUT2D eigenvalue weighted by molar-refractivity contribution is 0.0697. The summed E-state index contributed by atoms with van der Waals surface area (Å²) in [7, 11) is 1.57. The van der Waals surface area contributed by atoms with Crippen molar-refractivity contribution in [3.05, 3.63) is 112 Å². The number of imidazole rings is 1. The number of ether oxygens (including phenoxy) is 2. The van der Waals surface area contributed by atoms with Gasteiger partial charge in [0.2, 0.25) is 5.88 Å². The Labute approximate surface area is 233 Å². The first-order valence-corrected chi connectivity index (χ1v) is 12.6. The first kappa shape index (κ1) is 27.2. The number of carboxylic acid groups (broad SMARTS) is 1. The van der Waals surface area contributed by atoms with Gasteiger partial charge in [-0.25, -0.2) is 19.2 Å². The van der Waals surface area contributed by atoms with Gasteiger partial charge < -0.3 is 19.1 Å². The summed E-state index contributed by atoms with van der Waals surface area (Å²) >= 11 is 0. The third-order valence-corrected chi connectivity index (χ3v) is 6.49. The number of carboxylic acids is 1. The fourth-order valence-corrected chi connectivity index (χ4v) is 4.37. The number of fused-ring (bicyclic) bond motifs is 1. The number of hydrogen-bond donors (Lipinski definition) is 1. The van der Waals surface area contributed by atoms with E-state index in [1.54, 1.807) is 49.6 Å². The predicted octanol–water partition coefficient (Wildman–Crippen LogP) is 4.24. The Bertz CT molecular complexity index is 1860. The molecule has 0 aliphatic carbocycles. The van der Waals surface area contributed by atoms with Gasteiger partial charge in [0.15, 0.2) is 6.73 Å². The van der Waals surface area contributed by atoms with E-state index in [1.807, 2.05) is 10.6 Å². The number of aromatic carboxylic acids is 1. The van der Waals surface area contributed by atoms with E-state index >= 15 is 4.39 Å². The minimum absolute atomic E-state index is 0.105. The molecule has 0 fully saturated rings. The minimum Gasteiger partial charge on any atom is -0.478 e. The van der Waals surface area contributed by atoms with E-state index in [2.05, 4.69) is 9.97 Å². The van der Waals surface area contributed by atoms with E-state index in [9.17, 15) is 14.7 Å². The van der Waals surface area contributed by atoms with Crippen LogP contribution in [-0.2, 0) is 24.4 Å². The summed E-state index contributed by atoms with van der Waals surface area (Å²) in [4.78, 5) is 32.7. The van der Waals surface area contributed by atoms with Crippen LogP contribution in [0.25, 0.3) is 22.3 Å². The zero-order valence-electron chi connectivity index (χ0n) is 22.0. The smallest absolute Gasteiger partial charge is 0.335 e. The molecule has 41 heavy (non-hydrogen) atoms. The monoisotopic (exact) mass is 553 g/mol. The SMILES string of the molecule is COCCn1c(Cc2ccc(-c3cccc(OCn4ccc(C#N)cc4=O)n3)cc2F)nc2ccc(C(=O)O)cc21. The molecule has 0 atom stereocenters. The summed E-state index contributed by atoms with van der Waals surface area (Å²) in [6.07, 6.45) is 1.65. The van der Waals surface area contributed by atoms with E-state index in [-0.39, 0.29) is 35.7 Å². The molecule has 2 aromatic carbocycles. The molecule has 1 N–H and O–H groups in total. The molecule has 206 valence electrons. The van der Waals surface area contributed by atoms with Crippen molar-refractivity contribution in [1.29, 1.82) is 5.26 Å². The van der Waals surface area contributed by atoms with Crippen LogP contribution in [0.3, 0.4) is 0 Å². The van der Waals surface area contributed by atoms with Crippen molar-refractivity contribution in [2.45, 2.75) is 19.7 Å². The van der Waals surface area contributed by atoms with Crippen LogP contribution in [0.4, 0.5) is 4.39 Å². The molecule has 5 rings (SSSR count). The maximum Gasteiger partial charge on any atom is 0.335 e. The number of nitriles is 1. The van der Waals surface area contributed by atoms with E-state index in [0.29, 0.717) is 46.8 Å². The van der Waals surface area contributed by atoms with Gasteiger partial charge in [0, 0.05) is 44.0 Å². The van der Waals surface area contributed by atoms with Crippen LogP contribution in [0.2, 0.25) is 0 Å². The van der Waals surface area contributed by atoms with Gasteiger partial charge in [-0.15, -0.1) is 0 Å². The number of hydrogen-bond acceptors (Lipinski definition) is 7. The molecule has 0 unspecified atom stereocenters. The van der Waals surface area contributed by atoms with Gasteiger partial charge in [-0.05, 0) is 42.0 Å². The maximum atomic E-state index is 15.3. The second kappa shape index (κ2) is 11.8. The topological polar surface area (TPSA) is 132 Å². The fraction of sp³-hybridized carbons (Fsp3) is 0.167. The molecule has 0 aliphatic rings. The molecule has 10 nitrogen and oxygen atoms in total. The standard InChI is InChI=1S/C30H24FN5O5/c1-40-12-11-36-26-15-22(30(38)39)7-8-25(26)33-27(36)16-20-5-6-21(14-23(20)31)24-3-2-4-28(34-24)41-18-35-10-9-19(17-32)13-29(35)37/h2-10,13-15H,11-12,16,18H2,1H3,(H,38,39). The predicted molar refractivity (Wildman–Crippen MR) is 147 cm³/mol. The van der Waals surface area contributed by atoms with Crippen molar-refractivity contribution in [3.8, 4) is 23.2 Å². The number of rotatable bonds is 10. The van der Waals surface area contributed by atoms with Gasteiger partial charge in [-0.1, -0.05) is 18.2 Å². The van der Waals surface area contributed by atoms with Crippen molar-refractivity contribution in [1.82, 2.24) is 19.1 Å². The number of nitrogens with zero attached hydrogens (tertiary/aromatic N) is 5. The molecule has 0 saturated carbocycles. The number of carbonyl (C=O) groups is 1. The number of methoxy groups -OCH3 is 1. The van der Waals surface area contributed by atoms with Crippen LogP contribution in [0.1, 0.15) is 27.3 Å². The van der Waals surface area contributed by atoms with Crippen LogP contribution in [-0.4, -0.2) is 43.9 Å². The third kappa shape index (κ3) is 5.98. The highest BCUT2D eigenvalue weighted by Crippen LogP contribution is 2.25. The Morgan fingerprint density at radius 2 is 1.95 bits per heavy atom. The Kier molecular flexibility index (Phi) is 7.85. The quantitative estimate of drug-likeness (QED) is 0.272. The summed E-state index contributed by atoms with van der Waals surface area (Å²) in [5.41, 5.74) is 2.70. The molecule has 5 aromatic rings. The molecule has 0 amide bonds. The van der Waals surface area contributed by atoms with Gasteiger partial charge in [-0.2, -0.15) is 5.26 Å². The van der Waals surface area contributed by atoms with E-state index < -0.39 is 11.8 Å². The highest BCUT2D eigenvalue weighted by atomic mass is 19.1. The van der Waals surface area contributed by atoms with E-state index in [0.717, 1.165) is 0 Å². The Hall–Kier alpha value is -5.34. The highest BCUT2D eigenvalue weighted by Gasteiger charge is 2.16. The van der Waals surface area contributed by atoms with Crippen molar-refractivity contribution in [2.75, 3.05) is 13.7 Å². The zero-order valence-corrected chi connectivity index (χ0v) is 22.0. The van der Waals surface area contributed by atoms with Crippen molar-refractivity contribution >= 4 is 17.0 Å². The molecule has 11 heteroatoms. The van der Waals surface area contributed by atoms with Gasteiger partial charge in [0.05, 0.1) is 40.5 Å². The second-order valence-electron chi connectivity index (χ2n) is 9.13. The van der Waals surface area contributed by atoms with Crippen LogP contribution >= 0.6 is 0 Å². The molecule has 3 aromatic heterocycles. The fourth-order valence-electron chi connectivity index (χ4n) is 4.37. The Morgan fingerprint density at radius 1 is 1.10 bits per heavy atom. The first-order chi connectivity index (χ1) is 19.9. The Balaban J connectivity index is 1.37. The van der Waals surface area contributed by atoms with Crippen LogP contribution in [0, 0.1) is 17.1 Å². The maximum absolute atomic E-state index is 15.3. The number of benzene rings is 2. The molecule has 0 radical (unpaired) electrons. The average molecular weight is 554 g/mol. The van der Waals surface area contributed by atoms with Crippen molar-refractivity contribution in [3.63, 3.8) is 0 Å².